The minimum Gasteiger partial charge on any atom is -0.353 e. The molecule has 0 radical (unpaired) electrons. The van der Waals surface area contributed by atoms with Gasteiger partial charge in [0.05, 0.1) is 11.2 Å². The van der Waals surface area contributed by atoms with E-state index in [1.54, 1.807) is 0 Å². The number of hydrogen-bond donors (Lipinski definition) is 1. The lowest BCUT2D eigenvalue weighted by atomic mass is 10.1. The molecule has 0 saturated carbocycles. The van der Waals surface area contributed by atoms with E-state index in [1.807, 2.05) is 13.1 Å². The molecule has 2 nitrogen and oxygen atoms in total. The predicted molar refractivity (Wildman–Crippen MR) is 63.1 cm³/mol. The Hall–Kier alpha value is -1.83. The van der Waals surface area contributed by atoms with Gasteiger partial charge in [0.1, 0.15) is 0 Å². The van der Waals surface area contributed by atoms with Gasteiger partial charge in [-0.15, -0.1) is 0 Å². The Morgan fingerprint density at radius 2 is 2.00 bits per heavy atom. The maximum absolute atomic E-state index is 4.30. The van der Waals surface area contributed by atoms with Crippen LogP contribution >= 0.6 is 0 Å². The number of nitrogens with one attached hydrogen (secondary N) is 1. The van der Waals surface area contributed by atoms with Gasteiger partial charge in [-0.3, -0.25) is 4.98 Å². The van der Waals surface area contributed by atoms with E-state index in [1.165, 1.54) is 21.9 Å². The fraction of sp³-hybridized carbons (Fsp3) is 0.154. The first-order valence-electron chi connectivity index (χ1n) is 5.10. The zero-order valence-electron chi connectivity index (χ0n) is 8.83. The number of aromatic amines is 1. The number of benzene rings is 1. The van der Waals surface area contributed by atoms with Crippen molar-refractivity contribution in [2.45, 2.75) is 13.8 Å². The number of H-pyrrole nitrogens is 1. The summed E-state index contributed by atoms with van der Waals surface area (Å²) >= 11 is 0. The maximum Gasteiger partial charge on any atom is 0.0681 e. The van der Waals surface area contributed by atoms with E-state index in [4.69, 9.17) is 0 Å². The van der Waals surface area contributed by atoms with Gasteiger partial charge in [-0.2, -0.15) is 0 Å². The lowest BCUT2D eigenvalue weighted by molar-refractivity contribution is 1.22. The lowest BCUT2D eigenvalue weighted by Gasteiger charge is -1.96. The van der Waals surface area contributed by atoms with Gasteiger partial charge in [0.2, 0.25) is 0 Å². The average Bonchev–Trinajstić information content (AvgIpc) is 2.59. The van der Waals surface area contributed by atoms with Gasteiger partial charge in [0.25, 0.3) is 0 Å². The summed E-state index contributed by atoms with van der Waals surface area (Å²) in [5, 5.41) is 2.59. The number of hydrogen-bond acceptors (Lipinski definition) is 1. The van der Waals surface area contributed by atoms with Crippen LogP contribution in [0.15, 0.2) is 30.5 Å². The van der Waals surface area contributed by atoms with Crippen molar-refractivity contribution < 1.29 is 0 Å². The van der Waals surface area contributed by atoms with E-state index < -0.39 is 0 Å². The fourth-order valence-corrected chi connectivity index (χ4v) is 2.20. The van der Waals surface area contributed by atoms with Gasteiger partial charge in [-0.05, 0) is 31.5 Å². The molecule has 2 heteroatoms. The normalized spacial score (nSPS) is 11.3. The van der Waals surface area contributed by atoms with Crippen molar-refractivity contribution in [3.63, 3.8) is 0 Å². The summed E-state index contributed by atoms with van der Waals surface area (Å²) in [6, 6.07) is 8.41. The third-order valence-corrected chi connectivity index (χ3v) is 2.94. The Balaban J connectivity index is 2.65. The smallest absolute Gasteiger partial charge is 0.0681 e. The van der Waals surface area contributed by atoms with E-state index in [2.05, 4.69) is 41.2 Å². The molecule has 3 rings (SSSR count). The highest BCUT2D eigenvalue weighted by Gasteiger charge is 2.07. The standard InChI is InChI=1S/C13H12N2/c1-8-4-3-5-11-12(8)10-6-7-14-9(2)13(10)15-11/h3-7,15H,1-2H3. The molecule has 0 unspecified atom stereocenters. The van der Waals surface area contributed by atoms with Gasteiger partial charge in [-0.25, -0.2) is 0 Å². The number of nitrogens with zero attached hydrogens (tertiary/aromatic N) is 1. The van der Waals surface area contributed by atoms with Crippen molar-refractivity contribution in [3.05, 3.63) is 41.7 Å². The van der Waals surface area contributed by atoms with Gasteiger partial charge in [0, 0.05) is 22.5 Å². The zero-order chi connectivity index (χ0) is 10.4. The highest BCUT2D eigenvalue weighted by molar-refractivity contribution is 6.09. The van der Waals surface area contributed by atoms with Gasteiger partial charge >= 0.3 is 0 Å². The first-order chi connectivity index (χ1) is 7.27. The summed E-state index contributed by atoms with van der Waals surface area (Å²) in [4.78, 5) is 7.73. The summed E-state index contributed by atoms with van der Waals surface area (Å²) in [5.41, 5.74) is 4.72. The predicted octanol–water partition coefficient (Wildman–Crippen LogP) is 3.33. The highest BCUT2D eigenvalue weighted by atomic mass is 14.8. The quantitative estimate of drug-likeness (QED) is 0.587. The summed E-state index contributed by atoms with van der Waals surface area (Å²) < 4.78 is 0. The SMILES string of the molecule is Cc1nccc2c1[nH]c1cccc(C)c12. The molecule has 3 aromatic rings. The molecule has 74 valence electrons. The second-order valence-electron chi connectivity index (χ2n) is 3.94. The molecule has 0 fully saturated rings. The number of fused-ring (bicyclic) bond motifs is 3. The molecule has 0 aliphatic carbocycles. The maximum atomic E-state index is 4.30. The molecule has 1 N–H and O–H groups in total. The van der Waals surface area contributed by atoms with Crippen LogP contribution in [0, 0.1) is 13.8 Å². The van der Waals surface area contributed by atoms with Crippen LogP contribution in [0.1, 0.15) is 11.3 Å². The van der Waals surface area contributed by atoms with Crippen LogP contribution in [0.2, 0.25) is 0 Å². The summed E-state index contributed by atoms with van der Waals surface area (Å²) in [6.07, 6.45) is 1.87. The first kappa shape index (κ1) is 8.48. The van der Waals surface area contributed by atoms with Crippen molar-refractivity contribution >= 4 is 21.8 Å². The van der Waals surface area contributed by atoms with Crippen LogP contribution < -0.4 is 0 Å². The molecule has 2 aromatic heterocycles. The summed E-state index contributed by atoms with van der Waals surface area (Å²) in [5.74, 6) is 0. The minimum atomic E-state index is 1.06. The summed E-state index contributed by atoms with van der Waals surface area (Å²) in [6.45, 7) is 4.18. The Kier molecular flexibility index (Phi) is 1.60. The van der Waals surface area contributed by atoms with Crippen LogP contribution in [-0.2, 0) is 0 Å². The van der Waals surface area contributed by atoms with Crippen molar-refractivity contribution in [2.75, 3.05) is 0 Å². The van der Waals surface area contributed by atoms with Gasteiger partial charge in [-0.1, -0.05) is 12.1 Å². The third kappa shape index (κ3) is 1.08. The molecule has 0 atom stereocenters. The Bertz CT molecular complexity index is 650. The number of aryl methyl sites for hydroxylation is 2. The molecular formula is C13H12N2. The Morgan fingerprint density at radius 3 is 2.87 bits per heavy atom. The molecule has 0 spiro atoms. The van der Waals surface area contributed by atoms with Crippen molar-refractivity contribution in [1.29, 1.82) is 0 Å². The molecular weight excluding hydrogens is 184 g/mol. The molecule has 1 aromatic carbocycles. The monoisotopic (exact) mass is 196 g/mol. The van der Waals surface area contributed by atoms with Gasteiger partial charge < -0.3 is 4.98 Å². The number of pyridine rings is 1. The largest absolute Gasteiger partial charge is 0.353 e. The van der Waals surface area contributed by atoms with Crippen molar-refractivity contribution in [1.82, 2.24) is 9.97 Å². The molecule has 15 heavy (non-hydrogen) atoms. The molecule has 0 saturated heterocycles. The molecule has 0 bridgehead atoms. The van der Waals surface area contributed by atoms with Gasteiger partial charge in [0.15, 0.2) is 0 Å². The number of rotatable bonds is 0. The third-order valence-electron chi connectivity index (χ3n) is 2.94. The van der Waals surface area contributed by atoms with Crippen LogP contribution in [-0.4, -0.2) is 9.97 Å². The second-order valence-corrected chi connectivity index (χ2v) is 3.94. The molecule has 2 heterocycles. The van der Waals surface area contributed by atoms with E-state index in [9.17, 15) is 0 Å². The topological polar surface area (TPSA) is 28.7 Å². The van der Waals surface area contributed by atoms with E-state index >= 15 is 0 Å². The number of aromatic nitrogens is 2. The van der Waals surface area contributed by atoms with Crippen molar-refractivity contribution in [3.8, 4) is 0 Å². The van der Waals surface area contributed by atoms with Crippen LogP contribution in [0.4, 0.5) is 0 Å². The Morgan fingerprint density at radius 1 is 1.13 bits per heavy atom. The van der Waals surface area contributed by atoms with Crippen molar-refractivity contribution in [2.24, 2.45) is 0 Å². The molecule has 0 aliphatic rings. The summed E-state index contributed by atoms with van der Waals surface area (Å²) in [7, 11) is 0. The van der Waals surface area contributed by atoms with E-state index in [0.29, 0.717) is 0 Å². The lowest BCUT2D eigenvalue weighted by Crippen LogP contribution is -1.80. The second kappa shape index (κ2) is 2.83. The highest BCUT2D eigenvalue weighted by Crippen LogP contribution is 2.28. The molecule has 0 amide bonds. The fourth-order valence-electron chi connectivity index (χ4n) is 2.20. The minimum absolute atomic E-state index is 1.06. The average molecular weight is 196 g/mol. The first-order valence-corrected chi connectivity index (χ1v) is 5.10. The van der Waals surface area contributed by atoms with Crippen LogP contribution in [0.25, 0.3) is 21.8 Å². The van der Waals surface area contributed by atoms with Crippen LogP contribution in [0.5, 0.6) is 0 Å². The van der Waals surface area contributed by atoms with Crippen LogP contribution in [0.3, 0.4) is 0 Å². The Labute approximate surface area is 88.0 Å². The zero-order valence-corrected chi connectivity index (χ0v) is 8.83. The van der Waals surface area contributed by atoms with E-state index in [-0.39, 0.29) is 0 Å². The van der Waals surface area contributed by atoms with E-state index in [0.717, 1.165) is 11.2 Å². The molecule has 0 aliphatic heterocycles.